The number of carbonyl (C=O) groups excluding carboxylic acids is 2. The Morgan fingerprint density at radius 3 is 2.52 bits per heavy atom. The molecule has 23 heavy (non-hydrogen) atoms. The number of allylic oxidation sites excluding steroid dienone is 3. The second-order valence-corrected chi connectivity index (χ2v) is 7.17. The van der Waals surface area contributed by atoms with E-state index in [2.05, 4.69) is 13.5 Å². The minimum absolute atomic E-state index is 0.0897. The van der Waals surface area contributed by atoms with Gasteiger partial charge in [-0.25, -0.2) is 4.79 Å². The van der Waals surface area contributed by atoms with Crippen molar-refractivity contribution < 1.29 is 14.3 Å². The van der Waals surface area contributed by atoms with Gasteiger partial charge in [-0.1, -0.05) is 30.7 Å². The summed E-state index contributed by atoms with van der Waals surface area (Å²) in [5.41, 5.74) is 3.84. The highest BCUT2D eigenvalue weighted by Crippen LogP contribution is 2.46. The number of esters is 1. The Kier molecular flexibility index (Phi) is 5.28. The van der Waals surface area contributed by atoms with E-state index in [1.54, 1.807) is 13.0 Å². The average molecular weight is 316 g/mol. The standard InChI is InChI=1S/C20H28O3/c1-7-12(4)20(22)23-19-8-13(5)16-10-18(21)14(6)17(16)9-15(19)11(2)3/h7,13,15-16,19H,2,8-10H2,1,3-6H3/b12-7-/t13-,15+,16+,19+/m0/s1. The molecule has 0 saturated heterocycles. The lowest BCUT2D eigenvalue weighted by Gasteiger charge is -2.27. The van der Waals surface area contributed by atoms with Crippen LogP contribution in [0.4, 0.5) is 0 Å². The molecule has 2 aliphatic rings. The number of hydrogen-bond donors (Lipinski definition) is 0. The number of Topliss-reactive ketones (excluding diaryl/α,β-unsaturated/α-hetero) is 1. The smallest absolute Gasteiger partial charge is 0.333 e. The summed E-state index contributed by atoms with van der Waals surface area (Å²) in [6, 6.07) is 0. The number of hydrogen-bond acceptors (Lipinski definition) is 3. The van der Waals surface area contributed by atoms with E-state index in [0.717, 1.165) is 24.0 Å². The van der Waals surface area contributed by atoms with Gasteiger partial charge in [-0.05, 0) is 57.9 Å². The van der Waals surface area contributed by atoms with E-state index in [9.17, 15) is 9.59 Å². The maximum Gasteiger partial charge on any atom is 0.333 e. The van der Waals surface area contributed by atoms with Crippen LogP contribution >= 0.6 is 0 Å². The molecule has 0 heterocycles. The molecule has 3 nitrogen and oxygen atoms in total. The topological polar surface area (TPSA) is 43.4 Å². The van der Waals surface area contributed by atoms with Gasteiger partial charge < -0.3 is 4.74 Å². The van der Waals surface area contributed by atoms with Crippen LogP contribution in [0.5, 0.6) is 0 Å². The second kappa shape index (κ2) is 6.86. The highest BCUT2D eigenvalue weighted by Gasteiger charge is 2.41. The summed E-state index contributed by atoms with van der Waals surface area (Å²) in [6.07, 6.45) is 3.80. The fraction of sp³-hybridized carbons (Fsp3) is 0.600. The summed E-state index contributed by atoms with van der Waals surface area (Å²) in [5.74, 6) is 0.754. The maximum absolute atomic E-state index is 12.2. The average Bonchev–Trinajstić information content (AvgIpc) is 2.69. The predicted octanol–water partition coefficient (Wildman–Crippen LogP) is 4.39. The summed E-state index contributed by atoms with van der Waals surface area (Å²) in [7, 11) is 0. The van der Waals surface area contributed by atoms with Crippen molar-refractivity contribution in [3.63, 3.8) is 0 Å². The van der Waals surface area contributed by atoms with Gasteiger partial charge in [-0.15, -0.1) is 0 Å². The zero-order chi connectivity index (χ0) is 17.3. The van der Waals surface area contributed by atoms with Crippen LogP contribution < -0.4 is 0 Å². The summed E-state index contributed by atoms with van der Waals surface area (Å²) < 4.78 is 5.82. The van der Waals surface area contributed by atoms with Gasteiger partial charge in [0.1, 0.15) is 6.10 Å². The zero-order valence-electron chi connectivity index (χ0n) is 14.9. The third-order valence-corrected chi connectivity index (χ3v) is 5.58. The molecule has 2 rings (SSSR count). The quantitative estimate of drug-likeness (QED) is 0.440. The lowest BCUT2D eigenvalue weighted by atomic mass is 9.86. The summed E-state index contributed by atoms with van der Waals surface area (Å²) in [5, 5.41) is 0. The third-order valence-electron chi connectivity index (χ3n) is 5.58. The van der Waals surface area contributed by atoms with E-state index in [1.807, 2.05) is 20.8 Å². The Bertz CT molecular complexity index is 594. The number of ketones is 1. The molecule has 4 atom stereocenters. The van der Waals surface area contributed by atoms with E-state index in [-0.39, 0.29) is 23.8 Å². The van der Waals surface area contributed by atoms with Crippen molar-refractivity contribution in [1.29, 1.82) is 0 Å². The van der Waals surface area contributed by atoms with Crippen molar-refractivity contribution in [2.75, 3.05) is 0 Å². The molecule has 0 aliphatic heterocycles. The normalized spacial score (nSPS) is 31.7. The Morgan fingerprint density at radius 1 is 1.30 bits per heavy atom. The molecule has 0 bridgehead atoms. The minimum atomic E-state index is -0.246. The van der Waals surface area contributed by atoms with E-state index >= 15 is 0 Å². The van der Waals surface area contributed by atoms with E-state index in [0.29, 0.717) is 23.8 Å². The Hall–Kier alpha value is -1.64. The number of carbonyl (C=O) groups is 2. The van der Waals surface area contributed by atoms with Gasteiger partial charge in [0, 0.05) is 17.9 Å². The second-order valence-electron chi connectivity index (χ2n) is 7.17. The molecule has 0 spiro atoms. The van der Waals surface area contributed by atoms with Crippen LogP contribution in [0.3, 0.4) is 0 Å². The van der Waals surface area contributed by atoms with E-state index in [1.165, 1.54) is 5.57 Å². The van der Waals surface area contributed by atoms with Crippen LogP contribution in [-0.2, 0) is 14.3 Å². The Balaban J connectivity index is 2.31. The van der Waals surface area contributed by atoms with Gasteiger partial charge in [-0.2, -0.15) is 0 Å². The van der Waals surface area contributed by atoms with Crippen LogP contribution in [0.1, 0.15) is 53.9 Å². The lowest BCUT2D eigenvalue weighted by molar-refractivity contribution is -0.147. The molecule has 0 aromatic rings. The van der Waals surface area contributed by atoms with Crippen LogP contribution in [0, 0.1) is 17.8 Å². The van der Waals surface area contributed by atoms with Crippen molar-refractivity contribution in [3.8, 4) is 0 Å². The minimum Gasteiger partial charge on any atom is -0.458 e. The van der Waals surface area contributed by atoms with Crippen molar-refractivity contribution in [2.24, 2.45) is 17.8 Å². The van der Waals surface area contributed by atoms with Gasteiger partial charge in [0.25, 0.3) is 0 Å². The Morgan fingerprint density at radius 2 is 1.96 bits per heavy atom. The van der Waals surface area contributed by atoms with E-state index < -0.39 is 0 Å². The SMILES string of the molecule is C=C(C)[C@H]1CC2=C(C)C(=O)C[C@@H]2[C@@H](C)C[C@H]1OC(=O)/C(C)=C\C. The Labute approximate surface area is 139 Å². The van der Waals surface area contributed by atoms with Gasteiger partial charge >= 0.3 is 5.97 Å². The van der Waals surface area contributed by atoms with Crippen LogP contribution in [0.25, 0.3) is 0 Å². The fourth-order valence-electron chi connectivity index (χ4n) is 3.82. The van der Waals surface area contributed by atoms with Crippen molar-refractivity contribution in [2.45, 2.75) is 60.0 Å². The molecular weight excluding hydrogens is 288 g/mol. The molecule has 0 aromatic heterocycles. The molecule has 1 fully saturated rings. The monoisotopic (exact) mass is 316 g/mol. The molecule has 0 N–H and O–H groups in total. The molecule has 126 valence electrons. The highest BCUT2D eigenvalue weighted by molar-refractivity contribution is 5.98. The van der Waals surface area contributed by atoms with Crippen LogP contribution in [0.2, 0.25) is 0 Å². The van der Waals surface area contributed by atoms with Gasteiger partial charge in [0.05, 0.1) is 0 Å². The predicted molar refractivity (Wildman–Crippen MR) is 91.8 cm³/mol. The zero-order valence-corrected chi connectivity index (χ0v) is 14.9. The first-order valence-corrected chi connectivity index (χ1v) is 8.48. The first-order chi connectivity index (χ1) is 10.8. The van der Waals surface area contributed by atoms with Crippen molar-refractivity contribution in [3.05, 3.63) is 34.9 Å². The van der Waals surface area contributed by atoms with Gasteiger partial charge in [-0.3, -0.25) is 4.79 Å². The molecule has 0 unspecified atom stereocenters. The number of rotatable bonds is 3. The highest BCUT2D eigenvalue weighted by atomic mass is 16.5. The maximum atomic E-state index is 12.2. The van der Waals surface area contributed by atoms with E-state index in [4.69, 9.17) is 4.74 Å². The lowest BCUT2D eigenvalue weighted by Crippen LogP contribution is -2.29. The molecule has 1 saturated carbocycles. The molecular formula is C20H28O3. The number of fused-ring (bicyclic) bond motifs is 1. The van der Waals surface area contributed by atoms with Gasteiger partial charge in [0.2, 0.25) is 0 Å². The molecule has 2 aliphatic carbocycles. The number of ether oxygens (including phenoxy) is 1. The summed E-state index contributed by atoms with van der Waals surface area (Å²) >= 11 is 0. The van der Waals surface area contributed by atoms with Gasteiger partial charge in [0.15, 0.2) is 5.78 Å². The first kappa shape index (κ1) is 17.7. The van der Waals surface area contributed by atoms with Crippen molar-refractivity contribution >= 4 is 11.8 Å². The van der Waals surface area contributed by atoms with Crippen LogP contribution in [-0.4, -0.2) is 17.9 Å². The molecule has 0 aromatic carbocycles. The molecule has 0 radical (unpaired) electrons. The fourth-order valence-corrected chi connectivity index (χ4v) is 3.82. The third kappa shape index (κ3) is 3.49. The summed E-state index contributed by atoms with van der Waals surface area (Å²) in [4.78, 5) is 24.3. The molecule has 0 amide bonds. The van der Waals surface area contributed by atoms with Crippen LogP contribution in [0.15, 0.2) is 34.9 Å². The molecule has 3 heteroatoms. The first-order valence-electron chi connectivity index (χ1n) is 8.48. The van der Waals surface area contributed by atoms with Crippen molar-refractivity contribution in [1.82, 2.24) is 0 Å². The largest absolute Gasteiger partial charge is 0.458 e. The summed E-state index contributed by atoms with van der Waals surface area (Å²) in [6.45, 7) is 13.8.